The number of nitrogens with zero attached hydrogens (tertiary/aromatic N) is 3. The lowest BCUT2D eigenvalue weighted by atomic mass is 10.0. The minimum Gasteiger partial charge on any atom is -0.314 e. The average molecular weight is 300 g/mol. The van der Waals surface area contributed by atoms with Crippen LogP contribution >= 0.6 is 0 Å². The molecule has 3 rings (SSSR count). The van der Waals surface area contributed by atoms with Crippen molar-refractivity contribution in [2.75, 3.05) is 6.54 Å². The molecule has 0 aliphatic carbocycles. The molecule has 4 heteroatoms. The van der Waals surface area contributed by atoms with E-state index in [-0.39, 0.29) is 0 Å². The number of rotatable bonds is 5. The first-order valence-corrected chi connectivity index (χ1v) is 8.68. The highest BCUT2D eigenvalue weighted by atomic mass is 15.1. The van der Waals surface area contributed by atoms with E-state index in [9.17, 15) is 0 Å². The Morgan fingerprint density at radius 1 is 1.36 bits per heavy atom. The van der Waals surface area contributed by atoms with Gasteiger partial charge in [0.05, 0.1) is 0 Å². The van der Waals surface area contributed by atoms with Crippen molar-refractivity contribution in [3.63, 3.8) is 0 Å². The van der Waals surface area contributed by atoms with Crippen molar-refractivity contribution in [2.24, 2.45) is 5.92 Å². The van der Waals surface area contributed by atoms with Crippen molar-refractivity contribution < 1.29 is 0 Å². The van der Waals surface area contributed by atoms with Gasteiger partial charge in [-0.2, -0.15) is 0 Å². The van der Waals surface area contributed by atoms with Crippen LogP contribution in [-0.4, -0.2) is 27.1 Å². The fourth-order valence-corrected chi connectivity index (χ4v) is 3.37. The largest absolute Gasteiger partial charge is 0.314 e. The zero-order valence-corrected chi connectivity index (χ0v) is 14.1. The van der Waals surface area contributed by atoms with Crippen LogP contribution < -0.4 is 5.32 Å². The summed E-state index contributed by atoms with van der Waals surface area (Å²) in [6, 6.07) is 2.81. The van der Waals surface area contributed by atoms with Gasteiger partial charge < -0.3 is 9.88 Å². The predicted molar refractivity (Wildman–Crippen MR) is 91.1 cm³/mol. The molecule has 1 aliphatic heterocycles. The Hall–Kier alpha value is -1.42. The number of aryl methyl sites for hydroxylation is 2. The first-order chi connectivity index (χ1) is 10.6. The summed E-state index contributed by atoms with van der Waals surface area (Å²) in [6.07, 6.45) is 8.14. The molecule has 3 heterocycles. The quantitative estimate of drug-likeness (QED) is 0.919. The topological polar surface area (TPSA) is 42.7 Å². The summed E-state index contributed by atoms with van der Waals surface area (Å²) >= 11 is 0. The molecule has 0 aromatic carbocycles. The fraction of sp³-hybridized carbons (Fsp3) is 0.667. The number of pyridine rings is 1. The molecule has 2 aromatic rings. The molecule has 1 N–H and O–H groups in total. The van der Waals surface area contributed by atoms with E-state index < -0.39 is 0 Å². The van der Waals surface area contributed by atoms with E-state index >= 15 is 0 Å². The second-order valence-electron chi connectivity index (χ2n) is 7.07. The summed E-state index contributed by atoms with van der Waals surface area (Å²) in [6.45, 7) is 8.79. The Balaban J connectivity index is 1.84. The van der Waals surface area contributed by atoms with E-state index in [2.05, 4.69) is 41.7 Å². The first-order valence-electron chi connectivity index (χ1n) is 8.68. The zero-order chi connectivity index (χ0) is 15.5. The number of nitrogens with one attached hydrogen (secondary N) is 1. The molecule has 0 amide bonds. The summed E-state index contributed by atoms with van der Waals surface area (Å²) in [7, 11) is 0. The molecule has 1 unspecified atom stereocenters. The molecular weight excluding hydrogens is 272 g/mol. The van der Waals surface area contributed by atoms with Gasteiger partial charge in [0.15, 0.2) is 5.65 Å². The number of aromatic nitrogens is 3. The van der Waals surface area contributed by atoms with Gasteiger partial charge in [0.2, 0.25) is 0 Å². The van der Waals surface area contributed by atoms with Crippen molar-refractivity contribution in [1.29, 1.82) is 0 Å². The molecule has 1 aliphatic rings. The summed E-state index contributed by atoms with van der Waals surface area (Å²) in [4.78, 5) is 9.51. The fourth-order valence-electron chi connectivity index (χ4n) is 3.37. The van der Waals surface area contributed by atoms with E-state index in [1.54, 1.807) is 0 Å². The van der Waals surface area contributed by atoms with Crippen molar-refractivity contribution in [3.8, 4) is 0 Å². The smallest absolute Gasteiger partial charge is 0.160 e. The van der Waals surface area contributed by atoms with Crippen molar-refractivity contribution in [3.05, 3.63) is 23.7 Å². The van der Waals surface area contributed by atoms with Crippen LogP contribution in [0.2, 0.25) is 0 Å². The molecular formula is C18H28N4. The lowest BCUT2D eigenvalue weighted by molar-refractivity contribution is 0.365. The van der Waals surface area contributed by atoms with Gasteiger partial charge in [-0.3, -0.25) is 0 Å². The summed E-state index contributed by atoms with van der Waals surface area (Å²) in [5.74, 6) is 1.81. The SMILES string of the molecule is Cc1cnc2c(c1)nc(CC(C)C)n2CCC1CCCCN1. The summed E-state index contributed by atoms with van der Waals surface area (Å²) < 4.78 is 2.35. The molecule has 1 saturated heterocycles. The molecule has 0 bridgehead atoms. The normalized spacial score (nSPS) is 19.2. The maximum Gasteiger partial charge on any atom is 0.160 e. The number of imidazole rings is 1. The molecule has 2 aromatic heterocycles. The number of hydrogen-bond donors (Lipinski definition) is 1. The Morgan fingerprint density at radius 2 is 2.23 bits per heavy atom. The Kier molecular flexibility index (Phi) is 4.77. The minimum absolute atomic E-state index is 0.615. The highest BCUT2D eigenvalue weighted by Gasteiger charge is 2.16. The van der Waals surface area contributed by atoms with Gasteiger partial charge in [0, 0.05) is 25.2 Å². The van der Waals surface area contributed by atoms with Gasteiger partial charge in [0.25, 0.3) is 0 Å². The van der Waals surface area contributed by atoms with Crippen LogP contribution in [0.25, 0.3) is 11.2 Å². The highest BCUT2D eigenvalue weighted by molar-refractivity contribution is 5.72. The third kappa shape index (κ3) is 3.49. The van der Waals surface area contributed by atoms with Gasteiger partial charge in [-0.05, 0) is 50.3 Å². The van der Waals surface area contributed by atoms with E-state index in [0.717, 1.165) is 24.1 Å². The van der Waals surface area contributed by atoms with Crippen LogP contribution in [0, 0.1) is 12.8 Å². The van der Waals surface area contributed by atoms with Gasteiger partial charge in [-0.1, -0.05) is 20.3 Å². The zero-order valence-electron chi connectivity index (χ0n) is 14.1. The third-order valence-electron chi connectivity index (χ3n) is 4.51. The number of fused-ring (bicyclic) bond motifs is 1. The first kappa shape index (κ1) is 15.5. The molecule has 1 fully saturated rings. The van der Waals surface area contributed by atoms with Crippen LogP contribution in [-0.2, 0) is 13.0 Å². The van der Waals surface area contributed by atoms with Gasteiger partial charge in [-0.25, -0.2) is 9.97 Å². The third-order valence-corrected chi connectivity index (χ3v) is 4.51. The summed E-state index contributed by atoms with van der Waals surface area (Å²) in [5.41, 5.74) is 3.28. The molecule has 4 nitrogen and oxygen atoms in total. The monoisotopic (exact) mass is 300 g/mol. The van der Waals surface area contributed by atoms with Crippen LogP contribution in [0.5, 0.6) is 0 Å². The van der Waals surface area contributed by atoms with Crippen LogP contribution in [0.1, 0.15) is 50.9 Å². The predicted octanol–water partition coefficient (Wildman–Crippen LogP) is 3.47. The standard InChI is InChI=1S/C18H28N4/c1-13(2)10-17-21-16-11-14(3)12-20-18(16)22(17)9-7-15-6-4-5-8-19-15/h11-13,15,19H,4-10H2,1-3H3. The second kappa shape index (κ2) is 6.78. The van der Waals surface area contributed by atoms with Crippen molar-refractivity contribution in [1.82, 2.24) is 19.9 Å². The van der Waals surface area contributed by atoms with Gasteiger partial charge in [-0.15, -0.1) is 0 Å². The highest BCUT2D eigenvalue weighted by Crippen LogP contribution is 2.20. The van der Waals surface area contributed by atoms with Crippen molar-refractivity contribution in [2.45, 2.75) is 65.5 Å². The van der Waals surface area contributed by atoms with E-state index in [1.165, 1.54) is 43.6 Å². The van der Waals surface area contributed by atoms with Crippen LogP contribution in [0.15, 0.2) is 12.3 Å². The second-order valence-corrected chi connectivity index (χ2v) is 7.07. The van der Waals surface area contributed by atoms with Gasteiger partial charge >= 0.3 is 0 Å². The van der Waals surface area contributed by atoms with Crippen LogP contribution in [0.3, 0.4) is 0 Å². The number of piperidine rings is 1. The maximum atomic E-state index is 4.86. The molecule has 120 valence electrons. The Labute approximate surface area is 133 Å². The van der Waals surface area contributed by atoms with E-state index in [1.807, 2.05) is 6.20 Å². The molecule has 22 heavy (non-hydrogen) atoms. The van der Waals surface area contributed by atoms with Gasteiger partial charge in [0.1, 0.15) is 11.3 Å². The minimum atomic E-state index is 0.615. The van der Waals surface area contributed by atoms with Crippen LogP contribution in [0.4, 0.5) is 0 Å². The Bertz CT molecular complexity index is 623. The maximum absolute atomic E-state index is 4.86. The van der Waals surface area contributed by atoms with Crippen molar-refractivity contribution >= 4 is 11.2 Å². The average Bonchev–Trinajstić information content (AvgIpc) is 2.81. The molecule has 1 atom stereocenters. The molecule has 0 spiro atoms. The van der Waals surface area contributed by atoms with E-state index in [0.29, 0.717) is 12.0 Å². The van der Waals surface area contributed by atoms with E-state index in [4.69, 9.17) is 4.98 Å². The number of hydrogen-bond acceptors (Lipinski definition) is 3. The summed E-state index contributed by atoms with van der Waals surface area (Å²) in [5, 5.41) is 3.64. The molecule has 0 saturated carbocycles. The Morgan fingerprint density at radius 3 is 2.95 bits per heavy atom. The lowest BCUT2D eigenvalue weighted by Crippen LogP contribution is -2.34. The lowest BCUT2D eigenvalue weighted by Gasteiger charge is -2.24. The molecule has 0 radical (unpaired) electrons.